The number of esters is 1. The number of para-hydroxylation sites is 1. The molecule has 9 heteroatoms. The summed E-state index contributed by atoms with van der Waals surface area (Å²) in [7, 11) is 1.28. The standard InChI is InChI=1S/C28H27N3O6/c1-35-27(33)24-15-25(31(37-24)18-9-3-2-4-10-18)30-26(32)16-29-28(34)36-17-23-21-13-7-5-11-19(21)20-12-6-8-14-22(20)23/h2-14,23-25H,15-17H2,1H3,(H,29,34)(H,30,32)/t24-,25-/m1/s1. The Kier molecular flexibility index (Phi) is 7.04. The van der Waals surface area contributed by atoms with Gasteiger partial charge in [0.15, 0.2) is 6.10 Å². The van der Waals surface area contributed by atoms with E-state index in [0.717, 1.165) is 22.3 Å². The molecule has 9 nitrogen and oxygen atoms in total. The number of amides is 2. The second-order valence-electron chi connectivity index (χ2n) is 8.78. The van der Waals surface area contributed by atoms with Crippen molar-refractivity contribution < 1.29 is 28.7 Å². The molecule has 0 spiro atoms. The maximum absolute atomic E-state index is 12.6. The van der Waals surface area contributed by atoms with Crippen LogP contribution in [0.1, 0.15) is 23.5 Å². The molecule has 2 atom stereocenters. The van der Waals surface area contributed by atoms with Crippen LogP contribution in [0.25, 0.3) is 11.1 Å². The van der Waals surface area contributed by atoms with Gasteiger partial charge in [0.2, 0.25) is 5.91 Å². The van der Waals surface area contributed by atoms with Crippen molar-refractivity contribution in [3.8, 4) is 11.1 Å². The summed E-state index contributed by atoms with van der Waals surface area (Å²) < 4.78 is 10.3. The summed E-state index contributed by atoms with van der Waals surface area (Å²) in [5.41, 5.74) is 5.16. The summed E-state index contributed by atoms with van der Waals surface area (Å²) in [6, 6.07) is 25.2. The Balaban J connectivity index is 1.16. The highest BCUT2D eigenvalue weighted by molar-refractivity contribution is 5.83. The van der Waals surface area contributed by atoms with E-state index in [2.05, 4.69) is 22.8 Å². The maximum atomic E-state index is 12.6. The third-order valence-electron chi connectivity index (χ3n) is 6.50. The van der Waals surface area contributed by atoms with Crippen molar-refractivity contribution in [2.45, 2.75) is 24.6 Å². The number of methoxy groups -OCH3 is 1. The third kappa shape index (κ3) is 5.12. The molecule has 2 N–H and O–H groups in total. The van der Waals surface area contributed by atoms with Gasteiger partial charge in [0.1, 0.15) is 19.3 Å². The monoisotopic (exact) mass is 501 g/mol. The molecule has 0 saturated carbocycles. The lowest BCUT2D eigenvalue weighted by Crippen LogP contribution is -2.47. The first-order valence-electron chi connectivity index (χ1n) is 12.0. The van der Waals surface area contributed by atoms with Crippen molar-refractivity contribution >= 4 is 23.7 Å². The number of rotatable bonds is 7. The van der Waals surface area contributed by atoms with E-state index in [1.165, 1.54) is 12.2 Å². The zero-order valence-electron chi connectivity index (χ0n) is 20.3. The molecule has 3 aromatic carbocycles. The number of carbonyl (C=O) groups excluding carboxylic acids is 3. The van der Waals surface area contributed by atoms with E-state index in [1.807, 2.05) is 54.6 Å². The van der Waals surface area contributed by atoms with Gasteiger partial charge in [-0.05, 0) is 34.4 Å². The summed E-state index contributed by atoms with van der Waals surface area (Å²) in [5, 5.41) is 6.77. The minimum atomic E-state index is -0.856. The van der Waals surface area contributed by atoms with E-state index in [9.17, 15) is 14.4 Å². The average molecular weight is 502 g/mol. The second kappa shape index (κ2) is 10.7. The number of fused-ring (bicyclic) bond motifs is 3. The number of ether oxygens (including phenoxy) is 2. The Bertz CT molecular complexity index is 1250. The first-order chi connectivity index (χ1) is 18.0. The van der Waals surface area contributed by atoms with Gasteiger partial charge in [-0.15, -0.1) is 0 Å². The number of anilines is 1. The fraction of sp³-hybridized carbons (Fsp3) is 0.250. The van der Waals surface area contributed by atoms with Crippen LogP contribution in [0, 0.1) is 0 Å². The quantitative estimate of drug-likeness (QED) is 0.478. The fourth-order valence-corrected chi connectivity index (χ4v) is 4.79. The van der Waals surface area contributed by atoms with Crippen molar-refractivity contribution in [2.75, 3.05) is 25.3 Å². The molecule has 1 heterocycles. The van der Waals surface area contributed by atoms with E-state index < -0.39 is 30.2 Å². The van der Waals surface area contributed by atoms with E-state index in [0.29, 0.717) is 5.69 Å². The van der Waals surface area contributed by atoms with E-state index in [-0.39, 0.29) is 25.5 Å². The minimum Gasteiger partial charge on any atom is -0.467 e. The molecule has 0 unspecified atom stereocenters. The molecule has 5 rings (SSSR count). The normalized spacial score (nSPS) is 18.0. The second-order valence-corrected chi connectivity index (χ2v) is 8.78. The van der Waals surface area contributed by atoms with Crippen molar-refractivity contribution in [2.24, 2.45) is 0 Å². The first-order valence-corrected chi connectivity index (χ1v) is 12.0. The van der Waals surface area contributed by atoms with E-state index in [1.54, 1.807) is 12.1 Å². The molecule has 1 aliphatic carbocycles. The van der Waals surface area contributed by atoms with Gasteiger partial charge in [0, 0.05) is 12.3 Å². The number of hydrogen-bond donors (Lipinski definition) is 2. The van der Waals surface area contributed by atoms with Crippen LogP contribution in [0.2, 0.25) is 0 Å². The molecule has 1 saturated heterocycles. The molecular formula is C28H27N3O6. The smallest absolute Gasteiger partial charge is 0.407 e. The van der Waals surface area contributed by atoms with Crippen LogP contribution >= 0.6 is 0 Å². The predicted molar refractivity (Wildman–Crippen MR) is 135 cm³/mol. The van der Waals surface area contributed by atoms with Crippen LogP contribution in [-0.4, -0.2) is 50.5 Å². The largest absolute Gasteiger partial charge is 0.467 e. The van der Waals surface area contributed by atoms with Crippen LogP contribution in [0.15, 0.2) is 78.9 Å². The van der Waals surface area contributed by atoms with Gasteiger partial charge in [-0.2, -0.15) is 0 Å². The van der Waals surface area contributed by atoms with Gasteiger partial charge < -0.3 is 20.1 Å². The van der Waals surface area contributed by atoms with Gasteiger partial charge in [0.25, 0.3) is 0 Å². The summed E-state index contributed by atoms with van der Waals surface area (Å²) in [4.78, 5) is 42.8. The number of nitrogens with one attached hydrogen (secondary N) is 2. The number of benzene rings is 3. The highest BCUT2D eigenvalue weighted by atomic mass is 16.7. The molecule has 1 fully saturated rings. The van der Waals surface area contributed by atoms with Crippen molar-refractivity contribution in [3.63, 3.8) is 0 Å². The van der Waals surface area contributed by atoms with Crippen molar-refractivity contribution in [1.82, 2.24) is 10.6 Å². The Morgan fingerprint density at radius 1 is 0.919 bits per heavy atom. The highest BCUT2D eigenvalue weighted by Gasteiger charge is 2.39. The Morgan fingerprint density at radius 2 is 1.54 bits per heavy atom. The van der Waals surface area contributed by atoms with Gasteiger partial charge in [-0.25, -0.2) is 14.7 Å². The fourth-order valence-electron chi connectivity index (χ4n) is 4.79. The summed E-state index contributed by atoms with van der Waals surface area (Å²) in [6.07, 6.45) is -1.97. The summed E-state index contributed by atoms with van der Waals surface area (Å²) >= 11 is 0. The minimum absolute atomic E-state index is 0.0719. The highest BCUT2D eigenvalue weighted by Crippen LogP contribution is 2.44. The Hall–Kier alpha value is -4.37. The van der Waals surface area contributed by atoms with Crippen LogP contribution in [-0.2, 0) is 23.9 Å². The maximum Gasteiger partial charge on any atom is 0.407 e. The molecule has 0 aromatic heterocycles. The summed E-state index contributed by atoms with van der Waals surface area (Å²) in [5.74, 6) is -1.06. The lowest BCUT2D eigenvalue weighted by Gasteiger charge is -2.25. The molecule has 37 heavy (non-hydrogen) atoms. The first kappa shape index (κ1) is 24.3. The van der Waals surface area contributed by atoms with Gasteiger partial charge >= 0.3 is 12.1 Å². The molecular weight excluding hydrogens is 474 g/mol. The van der Waals surface area contributed by atoms with Crippen molar-refractivity contribution in [1.29, 1.82) is 0 Å². The number of nitrogens with zero attached hydrogens (tertiary/aromatic N) is 1. The van der Waals surface area contributed by atoms with Gasteiger partial charge in [-0.3, -0.25) is 9.63 Å². The SMILES string of the molecule is COC(=O)[C@H]1C[C@H](NC(=O)CNC(=O)OCC2c3ccccc3-c3ccccc32)N(c2ccccc2)O1. The third-order valence-corrected chi connectivity index (χ3v) is 6.50. The Labute approximate surface area is 214 Å². The summed E-state index contributed by atoms with van der Waals surface area (Å²) in [6.45, 7) is -0.140. The van der Waals surface area contributed by atoms with Crippen LogP contribution in [0.3, 0.4) is 0 Å². The van der Waals surface area contributed by atoms with Crippen molar-refractivity contribution in [3.05, 3.63) is 90.0 Å². The average Bonchev–Trinajstić information content (AvgIpc) is 3.50. The number of hydrogen-bond acceptors (Lipinski definition) is 7. The molecule has 0 bridgehead atoms. The molecule has 0 radical (unpaired) electrons. The topological polar surface area (TPSA) is 106 Å². The van der Waals surface area contributed by atoms with E-state index >= 15 is 0 Å². The van der Waals surface area contributed by atoms with Crippen LogP contribution in [0.5, 0.6) is 0 Å². The van der Waals surface area contributed by atoms with E-state index in [4.69, 9.17) is 14.3 Å². The zero-order chi connectivity index (χ0) is 25.8. The Morgan fingerprint density at radius 3 is 2.19 bits per heavy atom. The lowest BCUT2D eigenvalue weighted by atomic mass is 9.98. The van der Waals surface area contributed by atoms with Crippen LogP contribution in [0.4, 0.5) is 10.5 Å². The molecule has 3 aromatic rings. The number of alkyl carbamates (subject to hydrolysis) is 1. The molecule has 190 valence electrons. The van der Waals surface area contributed by atoms with Crippen LogP contribution < -0.4 is 15.7 Å². The number of hydroxylamine groups is 1. The molecule has 2 amide bonds. The molecule has 2 aliphatic rings. The van der Waals surface area contributed by atoms with Gasteiger partial charge in [-0.1, -0.05) is 66.7 Å². The predicted octanol–water partition coefficient (Wildman–Crippen LogP) is 3.35. The molecule has 1 aliphatic heterocycles. The zero-order valence-corrected chi connectivity index (χ0v) is 20.3. The lowest BCUT2D eigenvalue weighted by molar-refractivity contribution is -0.151. The number of carbonyl (C=O) groups is 3. The van der Waals surface area contributed by atoms with Gasteiger partial charge in [0.05, 0.1) is 12.8 Å².